The molecular formula is C19H18BrNO4. The number of carbonyl (C=O) groups excluding carboxylic acids is 2. The molecule has 0 saturated heterocycles. The molecule has 2 aromatic rings. The monoisotopic (exact) mass is 403 g/mol. The van der Waals surface area contributed by atoms with Gasteiger partial charge < -0.3 is 9.47 Å². The average Bonchev–Trinajstić information content (AvgIpc) is 2.84. The van der Waals surface area contributed by atoms with Gasteiger partial charge in [0.15, 0.2) is 11.5 Å². The van der Waals surface area contributed by atoms with E-state index in [0.717, 1.165) is 10.0 Å². The van der Waals surface area contributed by atoms with E-state index in [2.05, 4.69) is 15.9 Å². The van der Waals surface area contributed by atoms with Gasteiger partial charge in [0.25, 0.3) is 11.8 Å². The van der Waals surface area contributed by atoms with Gasteiger partial charge in [-0.15, -0.1) is 0 Å². The quantitative estimate of drug-likeness (QED) is 0.682. The Morgan fingerprint density at radius 3 is 1.96 bits per heavy atom. The summed E-state index contributed by atoms with van der Waals surface area (Å²) in [5.41, 5.74) is 1.67. The number of rotatable bonds is 6. The van der Waals surface area contributed by atoms with Crippen molar-refractivity contribution in [2.45, 2.75) is 20.4 Å². The minimum Gasteiger partial charge on any atom is -0.490 e. The van der Waals surface area contributed by atoms with Crippen LogP contribution in [0, 0.1) is 0 Å². The van der Waals surface area contributed by atoms with Crippen LogP contribution >= 0.6 is 15.9 Å². The maximum absolute atomic E-state index is 12.5. The van der Waals surface area contributed by atoms with Crippen LogP contribution in [-0.4, -0.2) is 29.9 Å². The number of imide groups is 1. The molecule has 0 aliphatic carbocycles. The number of nitrogens with zero attached hydrogens (tertiary/aromatic N) is 1. The molecule has 2 aromatic carbocycles. The van der Waals surface area contributed by atoms with Gasteiger partial charge >= 0.3 is 0 Å². The van der Waals surface area contributed by atoms with E-state index in [4.69, 9.17) is 9.47 Å². The number of hydrogen-bond donors (Lipinski definition) is 0. The summed E-state index contributed by atoms with van der Waals surface area (Å²) in [5.74, 6) is 0.667. The molecule has 6 heteroatoms. The predicted molar refractivity (Wildman–Crippen MR) is 97.1 cm³/mol. The highest BCUT2D eigenvalue weighted by Gasteiger charge is 2.35. The van der Waals surface area contributed by atoms with Crippen molar-refractivity contribution < 1.29 is 19.1 Å². The highest BCUT2D eigenvalue weighted by Crippen LogP contribution is 2.35. The Bertz CT molecular complexity index is 799. The molecule has 0 bridgehead atoms. The number of amides is 2. The van der Waals surface area contributed by atoms with E-state index in [-0.39, 0.29) is 18.4 Å². The zero-order valence-corrected chi connectivity index (χ0v) is 15.6. The highest BCUT2D eigenvalue weighted by molar-refractivity contribution is 9.10. The lowest BCUT2D eigenvalue weighted by Gasteiger charge is -2.18. The lowest BCUT2D eigenvalue weighted by atomic mass is 10.1. The van der Waals surface area contributed by atoms with Crippen LogP contribution in [-0.2, 0) is 6.54 Å². The Hall–Kier alpha value is -2.34. The number of halogens is 1. The normalized spacial score (nSPS) is 13.2. The lowest BCUT2D eigenvalue weighted by molar-refractivity contribution is 0.0642. The van der Waals surface area contributed by atoms with Crippen LogP contribution < -0.4 is 9.47 Å². The van der Waals surface area contributed by atoms with Gasteiger partial charge in [-0.1, -0.05) is 28.1 Å². The van der Waals surface area contributed by atoms with Crippen LogP contribution in [0.3, 0.4) is 0 Å². The van der Waals surface area contributed by atoms with Crippen LogP contribution in [0.5, 0.6) is 11.5 Å². The summed E-state index contributed by atoms with van der Waals surface area (Å²) in [6.45, 7) is 4.97. The molecule has 0 spiro atoms. The zero-order valence-electron chi connectivity index (χ0n) is 14.0. The summed E-state index contributed by atoms with van der Waals surface area (Å²) in [7, 11) is 0. The van der Waals surface area contributed by atoms with Crippen molar-refractivity contribution in [1.82, 2.24) is 4.90 Å². The summed E-state index contributed by atoms with van der Waals surface area (Å²) in [6.07, 6.45) is 0. The molecule has 5 nitrogen and oxygen atoms in total. The summed E-state index contributed by atoms with van der Waals surface area (Å²) in [5, 5.41) is 0. The zero-order chi connectivity index (χ0) is 18.0. The van der Waals surface area contributed by atoms with E-state index in [1.54, 1.807) is 24.3 Å². The van der Waals surface area contributed by atoms with E-state index in [9.17, 15) is 9.59 Å². The number of carbonyl (C=O) groups is 2. The third kappa shape index (κ3) is 3.26. The second-order valence-corrected chi connectivity index (χ2v) is 6.35. The standard InChI is InChI=1S/C19H18BrNO4/c1-3-24-16-9-12(15(20)10-17(16)25-4-2)11-21-18(22)13-7-5-6-8-14(13)19(21)23/h5-10H,3-4,11H2,1-2H3. The van der Waals surface area contributed by atoms with Crippen LogP contribution in [0.15, 0.2) is 40.9 Å². The maximum atomic E-state index is 12.5. The lowest BCUT2D eigenvalue weighted by Crippen LogP contribution is -2.29. The molecule has 2 amide bonds. The summed E-state index contributed by atoms with van der Waals surface area (Å²) in [4.78, 5) is 26.3. The first kappa shape index (κ1) is 17.5. The predicted octanol–water partition coefficient (Wildman–Crippen LogP) is 4.04. The van der Waals surface area contributed by atoms with Crippen LogP contribution in [0.1, 0.15) is 40.1 Å². The Morgan fingerprint density at radius 1 is 0.920 bits per heavy atom. The molecule has 0 fully saturated rings. The third-order valence-corrected chi connectivity index (χ3v) is 4.66. The topological polar surface area (TPSA) is 55.8 Å². The molecule has 25 heavy (non-hydrogen) atoms. The van der Waals surface area contributed by atoms with Crippen molar-refractivity contribution in [1.29, 1.82) is 0 Å². The fourth-order valence-electron chi connectivity index (χ4n) is 2.79. The van der Waals surface area contributed by atoms with Gasteiger partial charge in [0.05, 0.1) is 30.9 Å². The van der Waals surface area contributed by atoms with Crippen molar-refractivity contribution in [3.8, 4) is 11.5 Å². The molecule has 0 radical (unpaired) electrons. The Labute approximate surface area is 154 Å². The largest absolute Gasteiger partial charge is 0.490 e. The van der Waals surface area contributed by atoms with Crippen LogP contribution in [0.2, 0.25) is 0 Å². The van der Waals surface area contributed by atoms with Gasteiger partial charge in [0.1, 0.15) is 0 Å². The van der Waals surface area contributed by atoms with E-state index in [1.165, 1.54) is 4.90 Å². The van der Waals surface area contributed by atoms with Crippen molar-refractivity contribution in [2.75, 3.05) is 13.2 Å². The van der Waals surface area contributed by atoms with Crippen molar-refractivity contribution in [2.24, 2.45) is 0 Å². The molecule has 1 heterocycles. The van der Waals surface area contributed by atoms with Crippen molar-refractivity contribution >= 4 is 27.7 Å². The minimum absolute atomic E-state index is 0.166. The SMILES string of the molecule is CCOc1cc(Br)c(CN2C(=O)c3ccccc3C2=O)cc1OCC. The molecule has 0 aromatic heterocycles. The molecular weight excluding hydrogens is 386 g/mol. The first-order valence-electron chi connectivity index (χ1n) is 8.10. The van der Waals surface area contributed by atoms with Crippen LogP contribution in [0.25, 0.3) is 0 Å². The highest BCUT2D eigenvalue weighted by atomic mass is 79.9. The minimum atomic E-state index is -0.278. The van der Waals surface area contributed by atoms with Gasteiger partial charge in [-0.2, -0.15) is 0 Å². The number of fused-ring (bicyclic) bond motifs is 1. The molecule has 1 aliphatic heterocycles. The van der Waals surface area contributed by atoms with Gasteiger partial charge in [0.2, 0.25) is 0 Å². The van der Waals surface area contributed by atoms with Gasteiger partial charge in [-0.25, -0.2) is 0 Å². The number of ether oxygens (including phenoxy) is 2. The Morgan fingerprint density at radius 2 is 1.44 bits per heavy atom. The molecule has 0 N–H and O–H groups in total. The molecule has 130 valence electrons. The van der Waals surface area contributed by atoms with Gasteiger partial charge in [-0.05, 0) is 43.7 Å². The third-order valence-electron chi connectivity index (χ3n) is 3.92. The van der Waals surface area contributed by atoms with E-state index < -0.39 is 0 Å². The van der Waals surface area contributed by atoms with Crippen LogP contribution in [0.4, 0.5) is 0 Å². The fourth-order valence-corrected chi connectivity index (χ4v) is 3.24. The fraction of sp³-hybridized carbons (Fsp3) is 0.263. The van der Waals surface area contributed by atoms with Gasteiger partial charge in [-0.3, -0.25) is 14.5 Å². The molecule has 0 unspecified atom stereocenters. The Kier molecular flexibility index (Phi) is 5.08. The molecule has 1 aliphatic rings. The second kappa shape index (κ2) is 7.27. The maximum Gasteiger partial charge on any atom is 0.261 e. The van der Waals surface area contributed by atoms with Gasteiger partial charge in [0, 0.05) is 4.47 Å². The summed E-state index contributed by atoms with van der Waals surface area (Å²) < 4.78 is 12.0. The van der Waals surface area contributed by atoms with E-state index >= 15 is 0 Å². The number of hydrogen-bond acceptors (Lipinski definition) is 4. The number of benzene rings is 2. The molecule has 0 atom stereocenters. The summed E-state index contributed by atoms with van der Waals surface area (Å²) in [6, 6.07) is 10.5. The smallest absolute Gasteiger partial charge is 0.261 e. The average molecular weight is 404 g/mol. The van der Waals surface area contributed by atoms with E-state index in [1.807, 2.05) is 26.0 Å². The summed E-state index contributed by atoms with van der Waals surface area (Å²) >= 11 is 3.50. The first-order valence-corrected chi connectivity index (χ1v) is 8.89. The van der Waals surface area contributed by atoms with E-state index in [0.29, 0.717) is 35.8 Å². The molecule has 0 saturated carbocycles. The molecule has 3 rings (SSSR count). The van der Waals surface area contributed by atoms with Crippen molar-refractivity contribution in [3.05, 3.63) is 57.6 Å². The van der Waals surface area contributed by atoms with Crippen molar-refractivity contribution in [3.63, 3.8) is 0 Å². The second-order valence-electron chi connectivity index (χ2n) is 5.50. The first-order chi connectivity index (χ1) is 12.1. The Balaban J connectivity index is 1.92.